The number of hydrogen-bond acceptors (Lipinski definition) is 3. The normalized spacial score (nSPS) is 16.3. The van der Waals surface area contributed by atoms with Crippen molar-refractivity contribution < 1.29 is 24.3 Å². The van der Waals surface area contributed by atoms with Crippen molar-refractivity contribution in [3.63, 3.8) is 0 Å². The Morgan fingerprint density at radius 2 is 1.17 bits per heavy atom. The first-order valence-corrected chi connectivity index (χ1v) is 24.1. The Morgan fingerprint density at radius 3 is 1.80 bits per heavy atom. The number of phenolic OH excluding ortho intramolecular Hbond substituents is 1. The molecule has 0 bridgehead atoms. The Balaban J connectivity index is 1.34. The average Bonchev–Trinajstić information content (AvgIpc) is 1.54. The van der Waals surface area contributed by atoms with E-state index in [9.17, 15) is 7.85 Å². The molecule has 0 unspecified atom stereocenters. The fourth-order valence-corrected chi connectivity index (χ4v) is 9.29. The standard InChI is InChI=1S/C67H71N3O/c1-41(2)48-37-55(42(3)4)63(71)58(38-48)64-69-62-54(49-34-50(36-53(35-49)67(12,13)14)59-39-47(31-32-68-59)44-23-27-51(28-24-44)65(6,7)8)21-18-22-60(62)70(64)61-40-56(45-19-16-15-17-20-45)43(5)33-57(61)46-25-29-52(30-26-46)66(9,10)11/h15-42,71H,1-14H3/i5D3,6D3,7D3,8D3,41D,42D. The van der Waals surface area contributed by atoms with Gasteiger partial charge in [0, 0.05) is 42.1 Å². The van der Waals surface area contributed by atoms with Gasteiger partial charge in [0.05, 0.1) is 28.0 Å². The van der Waals surface area contributed by atoms with Gasteiger partial charge in [-0.3, -0.25) is 9.55 Å². The fourth-order valence-electron chi connectivity index (χ4n) is 9.29. The predicted molar refractivity (Wildman–Crippen MR) is 302 cm³/mol. The van der Waals surface area contributed by atoms with Gasteiger partial charge in [0.15, 0.2) is 0 Å². The third-order valence-corrected chi connectivity index (χ3v) is 13.5. The van der Waals surface area contributed by atoms with E-state index in [1.165, 1.54) is 24.3 Å². The molecule has 0 atom stereocenters. The molecule has 4 heteroatoms. The third kappa shape index (κ3) is 9.74. The lowest BCUT2D eigenvalue weighted by Crippen LogP contribution is -2.11. The molecule has 0 aliphatic rings. The number of rotatable bonds is 9. The lowest BCUT2D eigenvalue weighted by atomic mass is 9.83. The van der Waals surface area contributed by atoms with Crippen molar-refractivity contribution in [2.45, 2.75) is 125 Å². The minimum atomic E-state index is -3.41. The Kier molecular flexibility index (Phi) is 8.99. The minimum Gasteiger partial charge on any atom is -0.507 e. The van der Waals surface area contributed by atoms with E-state index in [0.29, 0.717) is 66.9 Å². The monoisotopic (exact) mass is 948 g/mol. The van der Waals surface area contributed by atoms with Crippen molar-refractivity contribution in [1.82, 2.24) is 14.5 Å². The highest BCUT2D eigenvalue weighted by molar-refractivity contribution is 5.98. The summed E-state index contributed by atoms with van der Waals surface area (Å²) in [5.74, 6) is -2.41. The zero-order valence-electron chi connectivity index (χ0n) is 56.3. The number of pyridine rings is 1. The number of fused-ring (bicyclic) bond motifs is 1. The van der Waals surface area contributed by atoms with E-state index in [1.807, 2.05) is 83.4 Å². The quantitative estimate of drug-likeness (QED) is 0.157. The summed E-state index contributed by atoms with van der Waals surface area (Å²) in [7, 11) is 0. The smallest absolute Gasteiger partial charge is 0.149 e. The summed E-state index contributed by atoms with van der Waals surface area (Å²) >= 11 is 0. The SMILES string of the molecule is [2H]C([2H])([2H])c1cc(-c2ccc(C(C)(C)C)cc2)c(-n2c(-c3cc(C([2H])(C)C)cc(C([2H])(C)C)c3O)nc3c(-c4cc(-c5cc(-c6ccc(C(C([2H])([2H])[2H])(C([2H])([2H])[2H])C([2H])([2H])[2H])cc6)ccn5)cc(C(C)(C)C)c4)cccc32)cc1-c1ccccc1. The van der Waals surface area contributed by atoms with E-state index in [-0.39, 0.29) is 33.7 Å². The number of hydrogen-bond donors (Lipinski definition) is 1. The minimum absolute atomic E-state index is 0.141. The van der Waals surface area contributed by atoms with Crippen molar-refractivity contribution in [3.8, 4) is 78.6 Å². The second-order valence-corrected chi connectivity index (χ2v) is 21.3. The summed E-state index contributed by atoms with van der Waals surface area (Å²) in [6, 6.07) is 45.8. The van der Waals surface area contributed by atoms with Crippen LogP contribution in [0, 0.1) is 6.85 Å². The average molecular weight is 948 g/mol. The number of aromatic nitrogens is 3. The van der Waals surface area contributed by atoms with Crippen LogP contribution in [0.4, 0.5) is 0 Å². The Labute approximate surface area is 443 Å². The first-order valence-electron chi connectivity index (χ1n) is 31.1. The molecule has 0 saturated heterocycles. The van der Waals surface area contributed by atoms with Crippen LogP contribution in [0.15, 0.2) is 158 Å². The van der Waals surface area contributed by atoms with Crippen LogP contribution in [-0.2, 0) is 16.2 Å². The number of phenols is 1. The van der Waals surface area contributed by atoms with Gasteiger partial charge >= 0.3 is 0 Å². The van der Waals surface area contributed by atoms with Crippen LogP contribution in [-0.4, -0.2) is 19.6 Å². The zero-order valence-corrected chi connectivity index (χ0v) is 42.3. The molecule has 0 fully saturated rings. The van der Waals surface area contributed by atoms with Crippen LogP contribution in [0.5, 0.6) is 5.75 Å². The Morgan fingerprint density at radius 1 is 0.521 bits per heavy atom. The zero-order chi connectivity index (χ0) is 62.6. The Hall–Kier alpha value is -7.04. The van der Waals surface area contributed by atoms with Crippen LogP contribution in [0.25, 0.3) is 83.9 Å². The molecule has 2 aromatic heterocycles. The molecular formula is C67H71N3O. The molecule has 0 aliphatic carbocycles. The highest BCUT2D eigenvalue weighted by Gasteiger charge is 2.27. The summed E-state index contributed by atoms with van der Waals surface area (Å²) in [6.45, 7) is 6.78. The van der Waals surface area contributed by atoms with E-state index in [1.54, 1.807) is 58.2 Å². The summed E-state index contributed by atoms with van der Waals surface area (Å²) in [5.41, 5.74) is 7.25. The molecule has 7 aromatic carbocycles. The molecule has 4 nitrogen and oxygen atoms in total. The third-order valence-electron chi connectivity index (χ3n) is 13.5. The van der Waals surface area contributed by atoms with Crippen molar-refractivity contribution in [1.29, 1.82) is 0 Å². The summed E-state index contributed by atoms with van der Waals surface area (Å²) in [4.78, 5) is 10.4. The molecule has 9 aromatic rings. The largest absolute Gasteiger partial charge is 0.507 e. The van der Waals surface area contributed by atoms with Gasteiger partial charge in [-0.05, 0) is 150 Å². The molecule has 0 spiro atoms. The van der Waals surface area contributed by atoms with E-state index >= 15 is 0 Å². The van der Waals surface area contributed by atoms with Crippen LogP contribution in [0.2, 0.25) is 0 Å². The second kappa shape index (κ2) is 18.6. The van der Waals surface area contributed by atoms with Crippen LogP contribution < -0.4 is 0 Å². The van der Waals surface area contributed by atoms with Gasteiger partial charge in [-0.15, -0.1) is 0 Å². The van der Waals surface area contributed by atoms with Crippen molar-refractivity contribution in [3.05, 3.63) is 191 Å². The molecule has 360 valence electrons. The number of imidazole rings is 1. The topological polar surface area (TPSA) is 50.9 Å². The molecule has 0 aliphatic heterocycles. The van der Waals surface area contributed by atoms with Gasteiger partial charge in [-0.25, -0.2) is 4.98 Å². The van der Waals surface area contributed by atoms with E-state index < -0.39 is 50.0 Å². The van der Waals surface area contributed by atoms with Gasteiger partial charge in [-0.2, -0.15) is 0 Å². The molecule has 2 heterocycles. The first-order chi connectivity index (χ1) is 39.1. The van der Waals surface area contributed by atoms with Crippen molar-refractivity contribution in [2.24, 2.45) is 0 Å². The van der Waals surface area contributed by atoms with Gasteiger partial charge in [0.25, 0.3) is 0 Å². The molecular weight excluding hydrogens is 863 g/mol. The van der Waals surface area contributed by atoms with Gasteiger partial charge in [0.2, 0.25) is 0 Å². The molecule has 0 amide bonds. The maximum atomic E-state index is 12.7. The van der Waals surface area contributed by atoms with E-state index in [2.05, 4.69) is 65.8 Å². The van der Waals surface area contributed by atoms with Crippen LogP contribution in [0.1, 0.15) is 154 Å². The lowest BCUT2D eigenvalue weighted by molar-refractivity contribution is 0.466. The lowest BCUT2D eigenvalue weighted by Gasteiger charge is -2.22. The summed E-state index contributed by atoms with van der Waals surface area (Å²) < 4.78 is 122. The number of benzene rings is 7. The molecule has 9 rings (SSSR count). The van der Waals surface area contributed by atoms with Gasteiger partial charge < -0.3 is 5.11 Å². The maximum Gasteiger partial charge on any atom is 0.149 e. The summed E-state index contributed by atoms with van der Waals surface area (Å²) in [5, 5.41) is 12.7. The van der Waals surface area contributed by atoms with Crippen LogP contribution >= 0.6 is 0 Å². The molecule has 1 N–H and O–H groups in total. The fraction of sp³-hybridized carbons (Fsp3) is 0.284. The molecule has 0 saturated carbocycles. The van der Waals surface area contributed by atoms with Crippen molar-refractivity contribution in [2.75, 3.05) is 0 Å². The van der Waals surface area contributed by atoms with E-state index in [4.69, 9.17) is 26.4 Å². The maximum absolute atomic E-state index is 12.7. The Bertz CT molecular complexity index is 3940. The number of aromatic hydroxyl groups is 1. The van der Waals surface area contributed by atoms with Crippen LogP contribution in [0.3, 0.4) is 0 Å². The first kappa shape index (κ1) is 34.3. The predicted octanol–water partition coefficient (Wildman–Crippen LogP) is 18.6. The van der Waals surface area contributed by atoms with E-state index in [0.717, 1.165) is 27.8 Å². The summed E-state index contributed by atoms with van der Waals surface area (Å²) in [6.07, 6.45) is 1.63. The highest BCUT2D eigenvalue weighted by atomic mass is 16.3. The second-order valence-electron chi connectivity index (χ2n) is 21.3. The number of aryl methyl sites for hydroxylation is 1. The van der Waals surface area contributed by atoms with Gasteiger partial charge in [0.1, 0.15) is 11.6 Å². The number of para-hydroxylation sites is 1. The molecule has 71 heavy (non-hydrogen) atoms. The number of nitrogens with zero attached hydrogens (tertiary/aromatic N) is 3. The molecule has 0 radical (unpaired) electrons. The van der Waals surface area contributed by atoms with Gasteiger partial charge in [-0.1, -0.05) is 193 Å². The highest BCUT2D eigenvalue weighted by Crippen LogP contribution is 2.46. The van der Waals surface area contributed by atoms with Crippen molar-refractivity contribution >= 4 is 11.0 Å².